The van der Waals surface area contributed by atoms with Gasteiger partial charge in [0.05, 0.1) is 23.6 Å². The molecule has 0 aliphatic heterocycles. The predicted octanol–water partition coefficient (Wildman–Crippen LogP) is 2.23. The molecule has 1 atom stereocenters. The van der Waals surface area contributed by atoms with Crippen LogP contribution in [0.5, 0.6) is 0 Å². The Bertz CT molecular complexity index is 577. The van der Waals surface area contributed by atoms with Crippen molar-refractivity contribution in [1.29, 1.82) is 5.26 Å². The lowest BCUT2D eigenvalue weighted by atomic mass is 10.2. The Labute approximate surface area is 107 Å². The number of nitriles is 1. The molecule has 4 heteroatoms. The van der Waals surface area contributed by atoms with E-state index in [1.807, 2.05) is 45.0 Å². The molecule has 0 amide bonds. The zero-order chi connectivity index (χ0) is 13.1. The summed E-state index contributed by atoms with van der Waals surface area (Å²) in [7, 11) is 0. The van der Waals surface area contributed by atoms with Crippen LogP contribution in [0.3, 0.4) is 0 Å². The SMILES string of the molecule is Cc1nc2ccccc2n1CC(C#N)NC(C)C. The molecule has 1 unspecified atom stereocenters. The Morgan fingerprint density at radius 3 is 2.78 bits per heavy atom. The molecule has 1 N–H and O–H groups in total. The molecule has 0 spiro atoms. The number of para-hydroxylation sites is 2. The van der Waals surface area contributed by atoms with Crippen LogP contribution < -0.4 is 5.32 Å². The van der Waals surface area contributed by atoms with Crippen LogP contribution in [-0.4, -0.2) is 21.6 Å². The van der Waals surface area contributed by atoms with Gasteiger partial charge in [-0.1, -0.05) is 12.1 Å². The molecule has 0 bridgehead atoms. The highest BCUT2D eigenvalue weighted by atomic mass is 15.1. The van der Waals surface area contributed by atoms with Crippen LogP contribution >= 0.6 is 0 Å². The molecule has 0 saturated heterocycles. The van der Waals surface area contributed by atoms with E-state index in [9.17, 15) is 5.26 Å². The van der Waals surface area contributed by atoms with Crippen LogP contribution in [0, 0.1) is 18.3 Å². The Hall–Kier alpha value is -1.86. The molecule has 0 aliphatic rings. The number of nitrogens with zero attached hydrogens (tertiary/aromatic N) is 3. The highest BCUT2D eigenvalue weighted by Crippen LogP contribution is 2.15. The lowest BCUT2D eigenvalue weighted by Crippen LogP contribution is -2.37. The summed E-state index contributed by atoms with van der Waals surface area (Å²) in [6.45, 7) is 6.69. The van der Waals surface area contributed by atoms with Crippen LogP contribution in [0.15, 0.2) is 24.3 Å². The lowest BCUT2D eigenvalue weighted by Gasteiger charge is -2.16. The third-order valence-electron chi connectivity index (χ3n) is 2.90. The molecule has 2 rings (SSSR count). The summed E-state index contributed by atoms with van der Waals surface area (Å²) in [6.07, 6.45) is 0. The number of benzene rings is 1. The van der Waals surface area contributed by atoms with Gasteiger partial charge in [-0.05, 0) is 32.9 Å². The second-order valence-corrected chi connectivity index (χ2v) is 4.76. The second-order valence-electron chi connectivity index (χ2n) is 4.76. The zero-order valence-corrected chi connectivity index (χ0v) is 11.0. The summed E-state index contributed by atoms with van der Waals surface area (Å²) in [5, 5.41) is 12.4. The van der Waals surface area contributed by atoms with E-state index in [1.165, 1.54) is 0 Å². The molecule has 0 saturated carbocycles. The molecule has 0 radical (unpaired) electrons. The monoisotopic (exact) mass is 242 g/mol. The minimum absolute atomic E-state index is 0.193. The van der Waals surface area contributed by atoms with Gasteiger partial charge in [0.1, 0.15) is 11.9 Å². The number of rotatable bonds is 4. The molecule has 4 nitrogen and oxygen atoms in total. The molecule has 94 valence electrons. The predicted molar refractivity (Wildman–Crippen MR) is 72.1 cm³/mol. The third kappa shape index (κ3) is 2.52. The van der Waals surface area contributed by atoms with Gasteiger partial charge >= 0.3 is 0 Å². The maximum absolute atomic E-state index is 9.19. The molecular weight excluding hydrogens is 224 g/mol. The van der Waals surface area contributed by atoms with Crippen molar-refractivity contribution in [2.75, 3.05) is 0 Å². The molecule has 0 fully saturated rings. The highest BCUT2D eigenvalue weighted by Gasteiger charge is 2.13. The Morgan fingerprint density at radius 1 is 1.39 bits per heavy atom. The van der Waals surface area contributed by atoms with Gasteiger partial charge < -0.3 is 4.57 Å². The average Bonchev–Trinajstić information content (AvgIpc) is 2.64. The fraction of sp³-hybridized carbons (Fsp3) is 0.429. The molecule has 1 aromatic heterocycles. The van der Waals surface area contributed by atoms with E-state index < -0.39 is 0 Å². The van der Waals surface area contributed by atoms with Crippen LogP contribution in [0.4, 0.5) is 0 Å². The van der Waals surface area contributed by atoms with E-state index in [0.29, 0.717) is 12.6 Å². The third-order valence-corrected chi connectivity index (χ3v) is 2.90. The van der Waals surface area contributed by atoms with Gasteiger partial charge in [-0.25, -0.2) is 4.98 Å². The topological polar surface area (TPSA) is 53.6 Å². The Balaban J connectivity index is 2.31. The van der Waals surface area contributed by atoms with Gasteiger partial charge in [-0.3, -0.25) is 5.32 Å². The Morgan fingerprint density at radius 2 is 2.11 bits per heavy atom. The van der Waals surface area contributed by atoms with Crippen LogP contribution in [0.1, 0.15) is 19.7 Å². The molecule has 18 heavy (non-hydrogen) atoms. The van der Waals surface area contributed by atoms with Gasteiger partial charge in [-0.15, -0.1) is 0 Å². The normalized spacial score (nSPS) is 12.8. The first kappa shape index (κ1) is 12.6. The van der Waals surface area contributed by atoms with E-state index >= 15 is 0 Å². The van der Waals surface area contributed by atoms with E-state index in [0.717, 1.165) is 16.9 Å². The first-order valence-electron chi connectivity index (χ1n) is 6.19. The van der Waals surface area contributed by atoms with Crippen molar-refractivity contribution in [1.82, 2.24) is 14.9 Å². The van der Waals surface area contributed by atoms with E-state index in [4.69, 9.17) is 0 Å². The number of aryl methyl sites for hydroxylation is 1. The van der Waals surface area contributed by atoms with E-state index in [-0.39, 0.29) is 6.04 Å². The minimum Gasteiger partial charge on any atom is -0.326 e. The molecule has 2 aromatic rings. The first-order valence-corrected chi connectivity index (χ1v) is 6.19. The largest absolute Gasteiger partial charge is 0.326 e. The number of fused-ring (bicyclic) bond motifs is 1. The average molecular weight is 242 g/mol. The minimum atomic E-state index is -0.193. The molecule has 0 aliphatic carbocycles. The van der Waals surface area contributed by atoms with Crippen molar-refractivity contribution in [3.05, 3.63) is 30.1 Å². The van der Waals surface area contributed by atoms with Crippen molar-refractivity contribution in [3.63, 3.8) is 0 Å². The first-order chi connectivity index (χ1) is 8.61. The number of nitrogens with one attached hydrogen (secondary N) is 1. The van der Waals surface area contributed by atoms with Crippen molar-refractivity contribution < 1.29 is 0 Å². The number of hydrogen-bond acceptors (Lipinski definition) is 3. The standard InChI is InChI=1S/C14H18N4/c1-10(2)16-12(8-15)9-18-11(3)17-13-6-4-5-7-14(13)18/h4-7,10,12,16H,9H2,1-3H3. The van der Waals surface area contributed by atoms with Gasteiger partial charge in [-0.2, -0.15) is 5.26 Å². The van der Waals surface area contributed by atoms with E-state index in [1.54, 1.807) is 0 Å². The second kappa shape index (κ2) is 5.19. The summed E-state index contributed by atoms with van der Waals surface area (Å²) >= 11 is 0. The highest BCUT2D eigenvalue weighted by molar-refractivity contribution is 5.75. The van der Waals surface area contributed by atoms with Gasteiger partial charge in [0.15, 0.2) is 0 Å². The summed E-state index contributed by atoms with van der Waals surface area (Å²) in [5.41, 5.74) is 2.07. The zero-order valence-electron chi connectivity index (χ0n) is 11.0. The van der Waals surface area contributed by atoms with Crippen LogP contribution in [-0.2, 0) is 6.54 Å². The lowest BCUT2D eigenvalue weighted by molar-refractivity contribution is 0.478. The van der Waals surface area contributed by atoms with E-state index in [2.05, 4.69) is 20.9 Å². The van der Waals surface area contributed by atoms with Crippen molar-refractivity contribution >= 4 is 11.0 Å². The smallest absolute Gasteiger partial charge is 0.114 e. The maximum Gasteiger partial charge on any atom is 0.114 e. The van der Waals surface area contributed by atoms with Gasteiger partial charge in [0, 0.05) is 6.04 Å². The van der Waals surface area contributed by atoms with Crippen LogP contribution in [0.25, 0.3) is 11.0 Å². The summed E-state index contributed by atoms with van der Waals surface area (Å²) in [4.78, 5) is 4.51. The van der Waals surface area contributed by atoms with Gasteiger partial charge in [0.25, 0.3) is 0 Å². The quantitative estimate of drug-likeness (QED) is 0.894. The summed E-state index contributed by atoms with van der Waals surface area (Å²) in [6, 6.07) is 10.4. The Kier molecular flexibility index (Phi) is 3.63. The summed E-state index contributed by atoms with van der Waals surface area (Å²) in [5.74, 6) is 0.946. The molecule has 1 aromatic carbocycles. The number of aromatic nitrogens is 2. The molecule has 1 heterocycles. The molecular formula is C14H18N4. The maximum atomic E-state index is 9.19. The van der Waals surface area contributed by atoms with Crippen molar-refractivity contribution in [2.45, 2.75) is 39.4 Å². The van der Waals surface area contributed by atoms with Crippen molar-refractivity contribution in [2.24, 2.45) is 0 Å². The van der Waals surface area contributed by atoms with Gasteiger partial charge in [0.2, 0.25) is 0 Å². The number of imidazole rings is 1. The number of hydrogen-bond donors (Lipinski definition) is 1. The van der Waals surface area contributed by atoms with Crippen LogP contribution in [0.2, 0.25) is 0 Å². The summed E-state index contributed by atoms with van der Waals surface area (Å²) < 4.78 is 2.10. The fourth-order valence-corrected chi connectivity index (χ4v) is 2.14. The van der Waals surface area contributed by atoms with Crippen molar-refractivity contribution in [3.8, 4) is 6.07 Å². The fourth-order valence-electron chi connectivity index (χ4n) is 2.14.